The van der Waals surface area contributed by atoms with Crippen LogP contribution >= 0.6 is 0 Å². The molecule has 1 aromatic carbocycles. The van der Waals surface area contributed by atoms with Crippen LogP contribution < -0.4 is 5.32 Å². The van der Waals surface area contributed by atoms with E-state index < -0.39 is 0 Å². The van der Waals surface area contributed by atoms with Gasteiger partial charge in [0.1, 0.15) is 5.52 Å². The van der Waals surface area contributed by atoms with Crippen LogP contribution in [0.3, 0.4) is 0 Å². The molecule has 3 aromatic heterocycles. The number of rotatable bonds is 5. The molecule has 1 aliphatic rings. The van der Waals surface area contributed by atoms with Crippen LogP contribution in [0.15, 0.2) is 36.7 Å². The van der Waals surface area contributed by atoms with Crippen molar-refractivity contribution in [1.82, 2.24) is 29.6 Å². The van der Waals surface area contributed by atoms with Crippen LogP contribution in [-0.4, -0.2) is 48.3 Å². The fourth-order valence-electron chi connectivity index (χ4n) is 4.20. The Morgan fingerprint density at radius 3 is 2.83 bits per heavy atom. The molecular formula is C21H25N7O. The van der Waals surface area contributed by atoms with E-state index in [1.165, 1.54) is 0 Å². The quantitative estimate of drug-likeness (QED) is 0.561. The Morgan fingerprint density at radius 2 is 2.00 bits per heavy atom. The zero-order chi connectivity index (χ0) is 19.8. The third kappa shape index (κ3) is 3.44. The summed E-state index contributed by atoms with van der Waals surface area (Å²) in [6.07, 6.45) is 8.63. The number of fused-ring (bicyclic) bond motifs is 2. The highest BCUT2D eigenvalue weighted by Crippen LogP contribution is 2.28. The molecule has 4 aromatic rings. The molecule has 0 amide bonds. The molecule has 5 rings (SSSR count). The molecule has 8 nitrogen and oxygen atoms in total. The van der Waals surface area contributed by atoms with Gasteiger partial charge in [0.2, 0.25) is 5.95 Å². The van der Waals surface area contributed by atoms with E-state index in [4.69, 9.17) is 4.74 Å². The van der Waals surface area contributed by atoms with Gasteiger partial charge in [0.15, 0.2) is 0 Å². The Morgan fingerprint density at radius 1 is 1.14 bits per heavy atom. The van der Waals surface area contributed by atoms with Crippen LogP contribution in [0.5, 0.6) is 0 Å². The summed E-state index contributed by atoms with van der Waals surface area (Å²) in [7, 11) is 1.90. The van der Waals surface area contributed by atoms with Crippen molar-refractivity contribution >= 4 is 22.5 Å². The van der Waals surface area contributed by atoms with Gasteiger partial charge in [-0.1, -0.05) is 11.3 Å². The Bertz CT molecular complexity index is 1140. The minimum absolute atomic E-state index is 0.402. The summed E-state index contributed by atoms with van der Waals surface area (Å²) < 4.78 is 9.42. The first kappa shape index (κ1) is 18.1. The Hall–Kier alpha value is -3.00. The van der Waals surface area contributed by atoms with E-state index in [0.29, 0.717) is 18.1 Å². The van der Waals surface area contributed by atoms with Gasteiger partial charge in [-0.15, -0.1) is 10.2 Å². The van der Waals surface area contributed by atoms with Gasteiger partial charge >= 0.3 is 0 Å². The molecular weight excluding hydrogens is 366 g/mol. The maximum absolute atomic E-state index is 5.74. The molecule has 0 saturated heterocycles. The number of hydrogen-bond acceptors (Lipinski definition) is 6. The average molecular weight is 391 g/mol. The molecule has 0 atom stereocenters. The fourth-order valence-corrected chi connectivity index (χ4v) is 4.20. The van der Waals surface area contributed by atoms with E-state index in [1.807, 2.05) is 30.0 Å². The Kier molecular flexibility index (Phi) is 4.63. The smallest absolute Gasteiger partial charge is 0.241 e. The molecule has 0 aliphatic heterocycles. The van der Waals surface area contributed by atoms with Crippen molar-refractivity contribution in [2.45, 2.75) is 44.8 Å². The van der Waals surface area contributed by atoms with E-state index in [0.717, 1.165) is 60.0 Å². The molecule has 0 bridgehead atoms. The van der Waals surface area contributed by atoms with Gasteiger partial charge in [-0.25, -0.2) is 14.2 Å². The molecule has 8 heteroatoms. The molecule has 1 aliphatic carbocycles. The molecule has 1 saturated carbocycles. The number of nitrogens with one attached hydrogen (secondary N) is 1. The summed E-state index contributed by atoms with van der Waals surface area (Å²) in [6.45, 7) is 2.85. The SMILES string of the molecule is CCO[C@H]1CC[C@@H](Nc2ncc3c(-c4ccc5nnn(C)c5c4)ccn3n2)CC1. The first-order chi connectivity index (χ1) is 14.2. The predicted octanol–water partition coefficient (Wildman–Crippen LogP) is 3.44. The lowest BCUT2D eigenvalue weighted by Gasteiger charge is -2.28. The van der Waals surface area contributed by atoms with Crippen LogP contribution in [0.2, 0.25) is 0 Å². The van der Waals surface area contributed by atoms with E-state index in [1.54, 1.807) is 4.68 Å². The van der Waals surface area contributed by atoms with Crippen molar-refractivity contribution in [3.63, 3.8) is 0 Å². The highest BCUT2D eigenvalue weighted by molar-refractivity contribution is 5.87. The zero-order valence-corrected chi connectivity index (χ0v) is 16.7. The van der Waals surface area contributed by atoms with E-state index >= 15 is 0 Å². The number of anilines is 1. The van der Waals surface area contributed by atoms with Crippen LogP contribution in [0.25, 0.3) is 27.7 Å². The highest BCUT2D eigenvalue weighted by atomic mass is 16.5. The lowest BCUT2D eigenvalue weighted by molar-refractivity contribution is 0.0346. The van der Waals surface area contributed by atoms with Gasteiger partial charge < -0.3 is 10.1 Å². The zero-order valence-electron chi connectivity index (χ0n) is 16.7. The topological polar surface area (TPSA) is 82.2 Å². The number of nitrogens with zero attached hydrogens (tertiary/aromatic N) is 6. The monoisotopic (exact) mass is 391 g/mol. The van der Waals surface area contributed by atoms with Crippen LogP contribution in [0.1, 0.15) is 32.6 Å². The van der Waals surface area contributed by atoms with Crippen molar-refractivity contribution < 1.29 is 4.74 Å². The van der Waals surface area contributed by atoms with Gasteiger partial charge in [-0.05, 0) is 56.4 Å². The molecule has 150 valence electrons. The van der Waals surface area contributed by atoms with Crippen LogP contribution in [-0.2, 0) is 11.8 Å². The highest BCUT2D eigenvalue weighted by Gasteiger charge is 2.22. The van der Waals surface area contributed by atoms with Gasteiger partial charge in [-0.2, -0.15) is 0 Å². The van der Waals surface area contributed by atoms with Crippen molar-refractivity contribution in [3.8, 4) is 11.1 Å². The molecule has 0 radical (unpaired) electrons. The van der Waals surface area contributed by atoms with Gasteiger partial charge in [-0.3, -0.25) is 0 Å². The summed E-state index contributed by atoms with van der Waals surface area (Å²) in [5, 5.41) is 16.4. The van der Waals surface area contributed by atoms with Gasteiger partial charge in [0, 0.05) is 31.5 Å². The van der Waals surface area contributed by atoms with Crippen LogP contribution in [0.4, 0.5) is 5.95 Å². The van der Waals surface area contributed by atoms with Gasteiger partial charge in [0.05, 0.1) is 23.3 Å². The maximum atomic E-state index is 5.74. The Labute approximate surface area is 168 Å². The van der Waals surface area contributed by atoms with Crippen molar-refractivity contribution in [3.05, 3.63) is 36.7 Å². The third-order valence-electron chi connectivity index (χ3n) is 5.75. The first-order valence-electron chi connectivity index (χ1n) is 10.2. The normalized spacial score (nSPS) is 19.8. The van der Waals surface area contributed by atoms with Crippen molar-refractivity contribution in [2.75, 3.05) is 11.9 Å². The fraction of sp³-hybridized carbons (Fsp3) is 0.429. The maximum Gasteiger partial charge on any atom is 0.241 e. The molecule has 3 heterocycles. The van der Waals surface area contributed by atoms with Gasteiger partial charge in [0.25, 0.3) is 0 Å². The number of aryl methyl sites for hydroxylation is 1. The number of hydrogen-bond donors (Lipinski definition) is 1. The predicted molar refractivity (Wildman–Crippen MR) is 112 cm³/mol. The van der Waals surface area contributed by atoms with E-state index in [9.17, 15) is 0 Å². The molecule has 0 spiro atoms. The average Bonchev–Trinajstić information content (AvgIpc) is 3.33. The number of benzene rings is 1. The molecule has 0 unspecified atom stereocenters. The minimum Gasteiger partial charge on any atom is -0.379 e. The summed E-state index contributed by atoms with van der Waals surface area (Å²) in [5.74, 6) is 0.672. The first-order valence-corrected chi connectivity index (χ1v) is 10.2. The summed E-state index contributed by atoms with van der Waals surface area (Å²) in [5.41, 5.74) is 5.07. The number of aromatic nitrogens is 6. The molecule has 1 fully saturated rings. The number of ether oxygens (including phenoxy) is 1. The molecule has 29 heavy (non-hydrogen) atoms. The second-order valence-electron chi connectivity index (χ2n) is 7.63. The second-order valence-corrected chi connectivity index (χ2v) is 7.63. The molecule has 1 N–H and O–H groups in total. The minimum atomic E-state index is 0.402. The van der Waals surface area contributed by atoms with Crippen molar-refractivity contribution in [2.24, 2.45) is 7.05 Å². The second kappa shape index (κ2) is 7.44. The van der Waals surface area contributed by atoms with Crippen LogP contribution in [0, 0.1) is 0 Å². The van der Waals surface area contributed by atoms with E-state index in [-0.39, 0.29) is 0 Å². The summed E-state index contributed by atoms with van der Waals surface area (Å²) >= 11 is 0. The standard InChI is InChI=1S/C21H25N7O/c1-3-29-16-7-5-15(6-8-16)23-21-22-13-20-17(10-11-28(20)25-21)14-4-9-18-19(12-14)27(2)26-24-18/h4,9-13,15-16H,3,5-8H2,1-2H3,(H,23,25)/t15-,16+. The summed E-state index contributed by atoms with van der Waals surface area (Å²) in [6, 6.07) is 8.64. The third-order valence-corrected chi connectivity index (χ3v) is 5.75. The lowest BCUT2D eigenvalue weighted by atomic mass is 9.93. The lowest BCUT2D eigenvalue weighted by Crippen LogP contribution is -2.30. The van der Waals surface area contributed by atoms with Crippen molar-refractivity contribution in [1.29, 1.82) is 0 Å². The Balaban J connectivity index is 1.36. The largest absolute Gasteiger partial charge is 0.379 e. The summed E-state index contributed by atoms with van der Waals surface area (Å²) in [4.78, 5) is 4.58. The van der Waals surface area contributed by atoms with E-state index in [2.05, 4.69) is 50.8 Å².